The summed E-state index contributed by atoms with van der Waals surface area (Å²) in [6.07, 6.45) is 1.66. The first kappa shape index (κ1) is 18.0. The third-order valence-electron chi connectivity index (χ3n) is 3.03. The van der Waals surface area contributed by atoms with E-state index in [9.17, 15) is 0 Å². The van der Waals surface area contributed by atoms with Crippen molar-refractivity contribution in [3.63, 3.8) is 0 Å². The van der Waals surface area contributed by atoms with E-state index >= 15 is 0 Å². The molecule has 126 valence electrons. The van der Waals surface area contributed by atoms with E-state index in [2.05, 4.69) is 22.3 Å². The predicted octanol–water partition coefficient (Wildman–Crippen LogP) is 3.29. The fourth-order valence-corrected chi connectivity index (χ4v) is 2.42. The summed E-state index contributed by atoms with van der Waals surface area (Å²) in [5.74, 6) is 1.57. The summed E-state index contributed by atoms with van der Waals surface area (Å²) in [5, 5.41) is 8.45. The second kappa shape index (κ2) is 10.5. The van der Waals surface area contributed by atoms with Crippen LogP contribution in [0.2, 0.25) is 0 Å². The van der Waals surface area contributed by atoms with Gasteiger partial charge in [-0.3, -0.25) is 0 Å². The molecule has 24 heavy (non-hydrogen) atoms. The van der Waals surface area contributed by atoms with Gasteiger partial charge in [0.2, 0.25) is 0 Å². The summed E-state index contributed by atoms with van der Waals surface area (Å²) in [5.41, 5.74) is 7.98. The monoisotopic (exact) mass is 343 g/mol. The lowest BCUT2D eigenvalue weighted by molar-refractivity contribution is 0.146. The molecule has 0 fully saturated rings. The van der Waals surface area contributed by atoms with E-state index in [1.165, 1.54) is 17.3 Å². The highest BCUT2D eigenvalue weighted by molar-refractivity contribution is 8.13. The van der Waals surface area contributed by atoms with Gasteiger partial charge in [0.15, 0.2) is 5.17 Å². The number of amidine groups is 1. The van der Waals surface area contributed by atoms with Crippen molar-refractivity contribution in [1.29, 1.82) is 0 Å². The van der Waals surface area contributed by atoms with E-state index in [1.807, 2.05) is 42.5 Å². The molecule has 2 N–H and O–H groups in total. The van der Waals surface area contributed by atoms with Crippen LogP contribution in [0.15, 0.2) is 64.8 Å². The molecule has 2 rings (SSSR count). The largest absolute Gasteiger partial charge is 0.491 e. The second-order valence-electron chi connectivity index (χ2n) is 4.87. The number of rotatable bonds is 8. The molecule has 0 heterocycles. The highest BCUT2D eigenvalue weighted by Crippen LogP contribution is 2.12. The molecule has 5 nitrogen and oxygen atoms in total. The van der Waals surface area contributed by atoms with E-state index in [-0.39, 0.29) is 0 Å². The Kier molecular flexibility index (Phi) is 7.86. The topological polar surface area (TPSA) is 69.2 Å². The Morgan fingerprint density at radius 3 is 2.54 bits per heavy atom. The van der Waals surface area contributed by atoms with Crippen molar-refractivity contribution < 1.29 is 9.47 Å². The van der Waals surface area contributed by atoms with Gasteiger partial charge in [0.05, 0.1) is 12.8 Å². The minimum Gasteiger partial charge on any atom is -0.491 e. The number of nitrogens with two attached hydrogens (primary N) is 1. The van der Waals surface area contributed by atoms with Crippen molar-refractivity contribution in [2.24, 2.45) is 15.9 Å². The van der Waals surface area contributed by atoms with E-state index in [0.29, 0.717) is 18.4 Å². The maximum absolute atomic E-state index is 5.85. The Morgan fingerprint density at radius 2 is 1.83 bits per heavy atom. The lowest BCUT2D eigenvalue weighted by atomic mass is 10.2. The highest BCUT2D eigenvalue weighted by atomic mass is 32.2. The zero-order chi connectivity index (χ0) is 17.0. The summed E-state index contributed by atoms with van der Waals surface area (Å²) < 4.78 is 10.4. The average molecular weight is 343 g/mol. The van der Waals surface area contributed by atoms with Gasteiger partial charge in [0.1, 0.15) is 12.4 Å². The average Bonchev–Trinajstić information content (AvgIpc) is 2.62. The zero-order valence-corrected chi connectivity index (χ0v) is 14.4. The van der Waals surface area contributed by atoms with E-state index in [1.54, 1.807) is 13.3 Å². The number of hydrogen-bond acceptors (Lipinski definition) is 5. The lowest BCUT2D eigenvalue weighted by Gasteiger charge is -2.04. The zero-order valence-electron chi connectivity index (χ0n) is 13.6. The summed E-state index contributed by atoms with van der Waals surface area (Å²) in [4.78, 5) is 0. The molecule has 2 aromatic carbocycles. The predicted molar refractivity (Wildman–Crippen MR) is 101 cm³/mol. The van der Waals surface area contributed by atoms with Crippen LogP contribution in [0.3, 0.4) is 0 Å². The van der Waals surface area contributed by atoms with E-state index in [0.717, 1.165) is 17.1 Å². The van der Waals surface area contributed by atoms with Crippen molar-refractivity contribution in [2.45, 2.75) is 5.75 Å². The highest BCUT2D eigenvalue weighted by Gasteiger charge is 1.96. The molecule has 0 saturated carbocycles. The fraction of sp³-hybridized carbons (Fsp3) is 0.222. The molecular formula is C18H21N3O2S. The first-order valence-electron chi connectivity index (χ1n) is 7.53. The number of hydrogen-bond donors (Lipinski definition) is 1. The van der Waals surface area contributed by atoms with Crippen LogP contribution in [0.1, 0.15) is 11.1 Å². The van der Waals surface area contributed by atoms with Crippen molar-refractivity contribution in [3.8, 4) is 5.75 Å². The van der Waals surface area contributed by atoms with E-state index in [4.69, 9.17) is 15.2 Å². The van der Waals surface area contributed by atoms with Crippen LogP contribution in [-0.2, 0) is 10.5 Å². The normalized spacial score (nSPS) is 11.8. The quantitative estimate of drug-likeness (QED) is 0.346. The Morgan fingerprint density at radius 1 is 1.08 bits per heavy atom. The van der Waals surface area contributed by atoms with Crippen molar-refractivity contribution in [1.82, 2.24) is 0 Å². The van der Waals surface area contributed by atoms with Crippen molar-refractivity contribution in [2.75, 3.05) is 20.3 Å². The Labute approximate surface area is 146 Å². The molecule has 0 aliphatic heterocycles. The van der Waals surface area contributed by atoms with Crippen molar-refractivity contribution >= 4 is 23.1 Å². The van der Waals surface area contributed by atoms with Crippen LogP contribution in [0, 0.1) is 0 Å². The third kappa shape index (κ3) is 6.85. The summed E-state index contributed by atoms with van der Waals surface area (Å²) in [6.45, 7) is 1.10. The van der Waals surface area contributed by atoms with Gasteiger partial charge in [-0.15, -0.1) is 5.10 Å². The van der Waals surface area contributed by atoms with Crippen LogP contribution in [-0.4, -0.2) is 31.7 Å². The molecule has 0 amide bonds. The van der Waals surface area contributed by atoms with Gasteiger partial charge < -0.3 is 15.2 Å². The molecule has 0 unspecified atom stereocenters. The SMILES string of the molecule is COCCOc1ccc(C=NN=C(N)SCc2ccccc2)cc1. The maximum Gasteiger partial charge on any atom is 0.180 e. The van der Waals surface area contributed by atoms with Crippen LogP contribution in [0.5, 0.6) is 5.75 Å². The van der Waals surface area contributed by atoms with Gasteiger partial charge >= 0.3 is 0 Å². The number of nitrogens with zero attached hydrogens (tertiary/aromatic N) is 2. The molecule has 0 spiro atoms. The number of ether oxygens (including phenoxy) is 2. The lowest BCUT2D eigenvalue weighted by Crippen LogP contribution is -2.06. The molecule has 0 atom stereocenters. The number of benzene rings is 2. The van der Waals surface area contributed by atoms with Crippen molar-refractivity contribution in [3.05, 3.63) is 65.7 Å². The summed E-state index contributed by atoms with van der Waals surface area (Å²) in [7, 11) is 1.65. The van der Waals surface area contributed by atoms with Gasteiger partial charge in [-0.25, -0.2) is 0 Å². The third-order valence-corrected chi connectivity index (χ3v) is 3.88. The van der Waals surface area contributed by atoms with Crippen LogP contribution in [0.25, 0.3) is 0 Å². The Bertz CT molecular complexity index is 658. The number of thioether (sulfide) groups is 1. The molecule has 0 radical (unpaired) electrons. The minimum absolute atomic E-state index is 0.439. The molecule has 0 saturated heterocycles. The molecule has 2 aromatic rings. The number of methoxy groups -OCH3 is 1. The Balaban J connectivity index is 1.79. The van der Waals surface area contributed by atoms with Gasteiger partial charge in [0, 0.05) is 12.9 Å². The Hall–Kier alpha value is -2.31. The maximum atomic E-state index is 5.85. The summed E-state index contributed by atoms with van der Waals surface area (Å²) >= 11 is 1.46. The van der Waals surface area contributed by atoms with Crippen LogP contribution >= 0.6 is 11.8 Å². The first-order valence-corrected chi connectivity index (χ1v) is 8.51. The van der Waals surface area contributed by atoms with Gasteiger partial charge in [-0.05, 0) is 35.4 Å². The van der Waals surface area contributed by atoms with Crippen LogP contribution < -0.4 is 10.5 Å². The molecule has 0 bridgehead atoms. The minimum atomic E-state index is 0.439. The van der Waals surface area contributed by atoms with E-state index < -0.39 is 0 Å². The molecule has 0 aliphatic carbocycles. The smallest absolute Gasteiger partial charge is 0.180 e. The standard InChI is InChI=1S/C18H21N3O2S/c1-22-11-12-23-17-9-7-15(8-10-17)13-20-21-18(19)24-14-16-5-3-2-4-6-16/h2-10,13H,11-12,14H2,1H3,(H2,19,21). The first-order chi connectivity index (χ1) is 11.8. The molecule has 0 aliphatic rings. The molecular weight excluding hydrogens is 322 g/mol. The van der Waals surface area contributed by atoms with Gasteiger partial charge in [0.25, 0.3) is 0 Å². The van der Waals surface area contributed by atoms with Crippen LogP contribution in [0.4, 0.5) is 0 Å². The fourth-order valence-electron chi connectivity index (χ4n) is 1.81. The van der Waals surface area contributed by atoms with Gasteiger partial charge in [-0.1, -0.05) is 42.1 Å². The summed E-state index contributed by atoms with van der Waals surface area (Å²) in [6, 6.07) is 17.7. The molecule has 6 heteroatoms. The van der Waals surface area contributed by atoms with Gasteiger partial charge in [-0.2, -0.15) is 5.10 Å². The second-order valence-corrected chi connectivity index (χ2v) is 5.86. The molecule has 0 aromatic heterocycles.